The number of carbonyl (C=O) groups excluding carboxylic acids is 3. The van der Waals surface area contributed by atoms with Crippen molar-refractivity contribution in [3.63, 3.8) is 0 Å². The molecule has 5 atom stereocenters. The lowest BCUT2D eigenvalue weighted by molar-refractivity contribution is -0.155. The molecule has 0 unspecified atom stereocenters. The molecule has 2 fully saturated rings. The molecule has 1 saturated carbocycles. The van der Waals surface area contributed by atoms with E-state index in [-0.39, 0.29) is 48.9 Å². The molecule has 1 aliphatic heterocycles. The molecule has 7 heteroatoms. The van der Waals surface area contributed by atoms with Gasteiger partial charge in [0.2, 0.25) is 11.8 Å². The van der Waals surface area contributed by atoms with Crippen molar-refractivity contribution in [1.82, 2.24) is 10.2 Å². The minimum absolute atomic E-state index is 0.0520. The van der Waals surface area contributed by atoms with Crippen molar-refractivity contribution in [3.05, 3.63) is 12.2 Å². The molecule has 1 heterocycles. The average molecular weight is 407 g/mol. The van der Waals surface area contributed by atoms with Crippen molar-refractivity contribution in [1.29, 1.82) is 0 Å². The lowest BCUT2D eigenvalue weighted by atomic mass is 9.70. The number of hydrogen-bond acceptors (Lipinski definition) is 5. The molecule has 162 valence electrons. The predicted molar refractivity (Wildman–Crippen MR) is 108 cm³/mol. The highest BCUT2D eigenvalue weighted by Gasteiger charge is 2.57. The highest BCUT2D eigenvalue weighted by atomic mass is 16.5. The smallest absolute Gasteiger partial charge is 0.310 e. The first kappa shape index (κ1) is 21.8. The van der Waals surface area contributed by atoms with Crippen LogP contribution >= 0.6 is 0 Å². The molecule has 3 aliphatic rings. The molecule has 2 N–H and O–H groups in total. The first-order valence-electron chi connectivity index (χ1n) is 11.1. The third-order valence-corrected chi connectivity index (χ3v) is 6.61. The zero-order valence-electron chi connectivity index (χ0n) is 17.5. The number of likely N-dealkylation sites (tertiary alicyclic amines) is 1. The van der Waals surface area contributed by atoms with Crippen molar-refractivity contribution in [2.45, 2.75) is 64.5 Å². The monoisotopic (exact) mass is 406 g/mol. The highest BCUT2D eigenvalue weighted by molar-refractivity contribution is 5.96. The van der Waals surface area contributed by atoms with Crippen LogP contribution in [0.15, 0.2) is 12.2 Å². The van der Waals surface area contributed by atoms with Gasteiger partial charge in [-0.2, -0.15) is 0 Å². The molecule has 3 rings (SSSR count). The molecule has 0 aromatic heterocycles. The number of allylic oxidation sites excluding steroid dienone is 1. The van der Waals surface area contributed by atoms with Gasteiger partial charge < -0.3 is 20.1 Å². The predicted octanol–water partition coefficient (Wildman–Crippen LogP) is 1.65. The van der Waals surface area contributed by atoms with Crippen molar-refractivity contribution in [2.24, 2.45) is 23.7 Å². The van der Waals surface area contributed by atoms with Gasteiger partial charge in [0.1, 0.15) is 6.04 Å². The Morgan fingerprint density at radius 1 is 1.24 bits per heavy atom. The number of hydrogen-bond donors (Lipinski definition) is 2. The van der Waals surface area contributed by atoms with Crippen LogP contribution in [0.2, 0.25) is 0 Å². The Kier molecular flexibility index (Phi) is 7.33. The Morgan fingerprint density at radius 2 is 1.97 bits per heavy atom. The van der Waals surface area contributed by atoms with Gasteiger partial charge in [0.15, 0.2) is 0 Å². The normalized spacial score (nSPS) is 32.2. The third-order valence-electron chi connectivity index (χ3n) is 6.61. The van der Waals surface area contributed by atoms with Crippen LogP contribution in [0.3, 0.4) is 0 Å². The van der Waals surface area contributed by atoms with Gasteiger partial charge >= 0.3 is 5.97 Å². The van der Waals surface area contributed by atoms with Gasteiger partial charge in [0, 0.05) is 25.1 Å². The molecule has 29 heavy (non-hydrogen) atoms. The van der Waals surface area contributed by atoms with Crippen LogP contribution in [0.25, 0.3) is 0 Å². The molecule has 1 saturated heterocycles. The van der Waals surface area contributed by atoms with Crippen molar-refractivity contribution < 1.29 is 24.2 Å². The summed E-state index contributed by atoms with van der Waals surface area (Å²) in [6, 6.07) is -0.487. The summed E-state index contributed by atoms with van der Waals surface area (Å²) in [6.07, 6.45) is 9.63. The van der Waals surface area contributed by atoms with Gasteiger partial charge in [-0.05, 0) is 32.1 Å². The van der Waals surface area contributed by atoms with E-state index in [1.54, 1.807) is 11.8 Å². The first-order chi connectivity index (χ1) is 14.0. The number of nitrogens with zero attached hydrogens (tertiary/aromatic N) is 1. The SMILES string of the molecule is CCOC(=O)[C@H]1[C@H]2C(=O)N(CCCO)[C@H](C(=O)NC3CCCCC3)[C@H]2C=C[C@H]1C. The Hall–Kier alpha value is -1.89. The molecule has 0 radical (unpaired) electrons. The molecule has 0 aromatic rings. The fourth-order valence-electron chi connectivity index (χ4n) is 5.21. The number of aliphatic hydroxyl groups is 1. The largest absolute Gasteiger partial charge is 0.466 e. The fraction of sp³-hybridized carbons (Fsp3) is 0.773. The maximum Gasteiger partial charge on any atom is 0.310 e. The summed E-state index contributed by atoms with van der Waals surface area (Å²) in [5.41, 5.74) is 0. The number of carbonyl (C=O) groups is 3. The second kappa shape index (κ2) is 9.74. The molecular weight excluding hydrogens is 372 g/mol. The quantitative estimate of drug-likeness (QED) is 0.495. The van der Waals surface area contributed by atoms with Crippen molar-refractivity contribution in [2.75, 3.05) is 19.8 Å². The van der Waals surface area contributed by atoms with Crippen LogP contribution in [0.4, 0.5) is 0 Å². The second-order valence-electron chi connectivity index (χ2n) is 8.52. The van der Waals surface area contributed by atoms with Crippen molar-refractivity contribution >= 4 is 17.8 Å². The van der Waals surface area contributed by atoms with Crippen LogP contribution in [0.1, 0.15) is 52.4 Å². The van der Waals surface area contributed by atoms with E-state index in [0.29, 0.717) is 13.0 Å². The number of rotatable bonds is 7. The van der Waals surface area contributed by atoms with E-state index in [1.165, 1.54) is 6.42 Å². The molecule has 7 nitrogen and oxygen atoms in total. The summed E-state index contributed by atoms with van der Waals surface area (Å²) >= 11 is 0. The molecule has 2 amide bonds. The number of nitrogens with one attached hydrogen (secondary N) is 1. The Labute approximate surface area is 172 Å². The van der Waals surface area contributed by atoms with Gasteiger partial charge in [-0.15, -0.1) is 0 Å². The van der Waals surface area contributed by atoms with Gasteiger partial charge in [-0.3, -0.25) is 14.4 Å². The molecule has 0 bridgehead atoms. The van der Waals surface area contributed by atoms with Gasteiger partial charge in [0.25, 0.3) is 0 Å². The van der Waals surface area contributed by atoms with E-state index in [2.05, 4.69) is 5.32 Å². The van der Waals surface area contributed by atoms with E-state index in [0.717, 1.165) is 25.7 Å². The molecule has 0 aromatic carbocycles. The van der Waals surface area contributed by atoms with Crippen LogP contribution in [-0.2, 0) is 19.1 Å². The third kappa shape index (κ3) is 4.49. The lowest BCUT2D eigenvalue weighted by Gasteiger charge is -2.33. The average Bonchev–Trinajstić information content (AvgIpc) is 2.99. The second-order valence-corrected chi connectivity index (χ2v) is 8.52. The minimum atomic E-state index is -0.637. The van der Waals surface area contributed by atoms with Crippen LogP contribution < -0.4 is 5.32 Å². The van der Waals surface area contributed by atoms with E-state index < -0.39 is 17.9 Å². The zero-order valence-corrected chi connectivity index (χ0v) is 17.5. The van der Waals surface area contributed by atoms with Crippen LogP contribution in [0, 0.1) is 23.7 Å². The minimum Gasteiger partial charge on any atom is -0.466 e. The fourth-order valence-corrected chi connectivity index (χ4v) is 5.21. The maximum atomic E-state index is 13.3. The summed E-state index contributed by atoms with van der Waals surface area (Å²) in [5.74, 6) is -2.34. The molecular formula is C22H34N2O5. The standard InChI is InChI=1S/C22H34N2O5/c1-3-29-22(28)17-14(2)10-11-16-18(17)21(27)24(12-7-13-25)19(16)20(26)23-15-8-5-4-6-9-15/h10-11,14-19,25H,3-9,12-13H2,1-2H3,(H,23,26)/t14-,16+,17-,18+,19+/m1/s1. The number of amides is 2. The zero-order chi connectivity index (χ0) is 21.0. The van der Waals surface area contributed by atoms with Gasteiger partial charge in [0.05, 0.1) is 18.4 Å². The Balaban J connectivity index is 1.86. The summed E-state index contributed by atoms with van der Waals surface area (Å²) in [4.78, 5) is 40.8. The highest BCUT2D eigenvalue weighted by Crippen LogP contribution is 2.44. The summed E-state index contributed by atoms with van der Waals surface area (Å²) in [6.45, 7) is 4.18. The molecule has 2 aliphatic carbocycles. The van der Waals surface area contributed by atoms with Crippen LogP contribution in [-0.4, -0.2) is 59.6 Å². The van der Waals surface area contributed by atoms with Crippen LogP contribution in [0.5, 0.6) is 0 Å². The lowest BCUT2D eigenvalue weighted by Crippen LogP contribution is -2.50. The number of ether oxygens (including phenoxy) is 1. The van der Waals surface area contributed by atoms with E-state index in [9.17, 15) is 19.5 Å². The maximum absolute atomic E-state index is 13.3. The van der Waals surface area contributed by atoms with Gasteiger partial charge in [-0.1, -0.05) is 38.3 Å². The number of aliphatic hydroxyl groups excluding tert-OH is 1. The first-order valence-corrected chi connectivity index (χ1v) is 11.1. The Bertz CT molecular complexity index is 643. The van der Waals surface area contributed by atoms with Crippen molar-refractivity contribution in [3.8, 4) is 0 Å². The van der Waals surface area contributed by atoms with E-state index >= 15 is 0 Å². The topological polar surface area (TPSA) is 95.9 Å². The number of esters is 1. The Morgan fingerprint density at radius 3 is 2.62 bits per heavy atom. The number of fused-ring (bicyclic) bond motifs is 1. The van der Waals surface area contributed by atoms with Gasteiger partial charge in [-0.25, -0.2) is 0 Å². The summed E-state index contributed by atoms with van der Waals surface area (Å²) in [7, 11) is 0. The molecule has 0 spiro atoms. The summed E-state index contributed by atoms with van der Waals surface area (Å²) < 4.78 is 5.26. The summed E-state index contributed by atoms with van der Waals surface area (Å²) in [5, 5.41) is 12.4. The van der Waals surface area contributed by atoms with E-state index in [1.807, 2.05) is 19.1 Å². The van der Waals surface area contributed by atoms with E-state index in [4.69, 9.17) is 4.74 Å².